The second kappa shape index (κ2) is 4.97. The third-order valence-electron chi connectivity index (χ3n) is 3.15. The van der Waals surface area contributed by atoms with Crippen molar-refractivity contribution in [3.8, 4) is 0 Å². The zero-order chi connectivity index (χ0) is 14.2. The van der Waals surface area contributed by atoms with Crippen molar-refractivity contribution in [2.45, 2.75) is 12.5 Å². The summed E-state index contributed by atoms with van der Waals surface area (Å²) in [6, 6.07) is 2.85. The molecule has 0 aromatic carbocycles. The minimum Gasteiger partial charge on any atom is -0.476 e. The van der Waals surface area contributed by atoms with Crippen LogP contribution in [-0.2, 0) is 9.84 Å². The van der Waals surface area contributed by atoms with Crippen molar-refractivity contribution in [1.82, 2.24) is 4.98 Å². The lowest BCUT2D eigenvalue weighted by Gasteiger charge is -2.24. The first-order valence-corrected chi connectivity index (χ1v) is 7.83. The summed E-state index contributed by atoms with van der Waals surface area (Å²) in [6.45, 7) is 0. The van der Waals surface area contributed by atoms with Gasteiger partial charge in [-0.3, -0.25) is 0 Å². The SMILES string of the molecule is CN(c1ccc(Cl)c(C(=O)O)n1)C1CCS(=O)(=O)C1. The second-order valence-corrected chi connectivity index (χ2v) is 7.11. The number of carboxylic acid groups (broad SMARTS) is 1. The number of nitrogens with zero attached hydrogens (tertiary/aromatic N) is 2. The topological polar surface area (TPSA) is 87.6 Å². The monoisotopic (exact) mass is 304 g/mol. The van der Waals surface area contributed by atoms with Crippen LogP contribution in [0.2, 0.25) is 5.02 Å². The van der Waals surface area contributed by atoms with E-state index in [4.69, 9.17) is 16.7 Å². The summed E-state index contributed by atoms with van der Waals surface area (Å²) in [5.74, 6) is -0.583. The quantitative estimate of drug-likeness (QED) is 0.898. The Labute approximate surface area is 115 Å². The fourth-order valence-corrected chi connectivity index (χ4v) is 4.01. The Bertz CT molecular complexity index is 617. The molecule has 1 aromatic heterocycles. The summed E-state index contributed by atoms with van der Waals surface area (Å²) < 4.78 is 22.9. The van der Waals surface area contributed by atoms with E-state index in [1.807, 2.05) is 0 Å². The van der Waals surface area contributed by atoms with E-state index >= 15 is 0 Å². The van der Waals surface area contributed by atoms with Crippen molar-refractivity contribution in [1.29, 1.82) is 0 Å². The Morgan fingerprint density at radius 3 is 2.74 bits per heavy atom. The summed E-state index contributed by atoms with van der Waals surface area (Å²) in [4.78, 5) is 16.6. The third kappa shape index (κ3) is 2.98. The number of sulfone groups is 1. The summed E-state index contributed by atoms with van der Waals surface area (Å²) in [6.07, 6.45) is 0.519. The predicted molar refractivity (Wildman–Crippen MR) is 71.7 cm³/mol. The molecule has 1 aliphatic heterocycles. The van der Waals surface area contributed by atoms with Crippen molar-refractivity contribution in [2.24, 2.45) is 0 Å². The van der Waals surface area contributed by atoms with Gasteiger partial charge in [-0.05, 0) is 18.6 Å². The van der Waals surface area contributed by atoms with Gasteiger partial charge in [-0.15, -0.1) is 0 Å². The van der Waals surface area contributed by atoms with Crippen LogP contribution < -0.4 is 4.90 Å². The van der Waals surface area contributed by atoms with E-state index in [-0.39, 0.29) is 28.3 Å². The largest absolute Gasteiger partial charge is 0.476 e. The molecule has 0 amide bonds. The standard InChI is InChI=1S/C11H13ClN2O4S/c1-14(7-4-5-19(17,18)6-7)9-3-2-8(12)10(13-9)11(15)16/h2-3,7H,4-6H2,1H3,(H,15,16). The highest BCUT2D eigenvalue weighted by atomic mass is 35.5. The zero-order valence-electron chi connectivity index (χ0n) is 10.2. The van der Waals surface area contributed by atoms with Crippen LogP contribution >= 0.6 is 11.6 Å². The maximum atomic E-state index is 11.4. The molecule has 0 aliphatic carbocycles. The van der Waals surface area contributed by atoms with Crippen molar-refractivity contribution in [3.05, 3.63) is 22.8 Å². The Morgan fingerprint density at radius 2 is 2.21 bits per heavy atom. The van der Waals surface area contributed by atoms with E-state index in [1.165, 1.54) is 6.07 Å². The zero-order valence-corrected chi connectivity index (χ0v) is 11.8. The van der Waals surface area contributed by atoms with Gasteiger partial charge in [0.05, 0.1) is 16.5 Å². The number of carboxylic acids is 1. The second-order valence-electron chi connectivity index (χ2n) is 4.47. The van der Waals surface area contributed by atoms with Gasteiger partial charge in [0.25, 0.3) is 0 Å². The molecule has 0 spiro atoms. The number of aromatic nitrogens is 1. The summed E-state index contributed by atoms with van der Waals surface area (Å²) >= 11 is 5.74. The van der Waals surface area contributed by atoms with Crippen LogP contribution in [0.15, 0.2) is 12.1 Å². The summed E-state index contributed by atoms with van der Waals surface area (Å²) in [7, 11) is -1.29. The normalized spacial score (nSPS) is 21.3. The van der Waals surface area contributed by atoms with E-state index in [0.29, 0.717) is 12.2 Å². The number of rotatable bonds is 3. The minimum absolute atomic E-state index is 0.0590. The highest BCUT2D eigenvalue weighted by Crippen LogP contribution is 2.24. The summed E-state index contributed by atoms with van der Waals surface area (Å²) in [5.41, 5.74) is -0.230. The number of pyridine rings is 1. The summed E-state index contributed by atoms with van der Waals surface area (Å²) in [5, 5.41) is 9.02. The van der Waals surface area contributed by atoms with E-state index in [1.54, 1.807) is 18.0 Å². The average Bonchev–Trinajstić information content (AvgIpc) is 2.69. The molecule has 104 valence electrons. The number of halogens is 1. The molecule has 6 nitrogen and oxygen atoms in total. The first-order valence-electron chi connectivity index (χ1n) is 5.63. The van der Waals surface area contributed by atoms with Crippen LogP contribution in [0, 0.1) is 0 Å². The number of aromatic carboxylic acids is 1. The van der Waals surface area contributed by atoms with E-state index in [2.05, 4.69) is 4.98 Å². The first kappa shape index (κ1) is 14.1. The van der Waals surface area contributed by atoms with Gasteiger partial charge in [-0.2, -0.15) is 0 Å². The molecule has 2 rings (SSSR count). The Balaban J connectivity index is 2.27. The lowest BCUT2D eigenvalue weighted by molar-refractivity contribution is 0.0691. The molecule has 19 heavy (non-hydrogen) atoms. The molecule has 0 saturated carbocycles. The first-order chi connectivity index (χ1) is 8.80. The van der Waals surface area contributed by atoms with Crippen molar-refractivity contribution in [3.63, 3.8) is 0 Å². The van der Waals surface area contributed by atoms with Crippen molar-refractivity contribution >= 4 is 33.2 Å². The molecule has 1 saturated heterocycles. The fourth-order valence-electron chi connectivity index (χ4n) is 2.05. The van der Waals surface area contributed by atoms with Crippen LogP contribution in [0.1, 0.15) is 16.9 Å². The third-order valence-corrected chi connectivity index (χ3v) is 5.21. The molecule has 1 N–H and O–H groups in total. The van der Waals surface area contributed by atoms with Gasteiger partial charge in [-0.25, -0.2) is 18.2 Å². The van der Waals surface area contributed by atoms with Gasteiger partial charge in [-0.1, -0.05) is 11.6 Å². The molecule has 1 aliphatic rings. The Morgan fingerprint density at radius 1 is 1.53 bits per heavy atom. The Kier molecular flexibility index (Phi) is 3.69. The molecule has 1 atom stereocenters. The molecule has 1 fully saturated rings. The maximum absolute atomic E-state index is 11.4. The van der Waals surface area contributed by atoms with Gasteiger partial charge in [0.2, 0.25) is 0 Å². The molecule has 0 bridgehead atoms. The minimum atomic E-state index is -2.99. The van der Waals surface area contributed by atoms with Crippen LogP contribution in [0.5, 0.6) is 0 Å². The number of hydrogen-bond acceptors (Lipinski definition) is 5. The van der Waals surface area contributed by atoms with Gasteiger partial charge in [0, 0.05) is 13.1 Å². The highest BCUT2D eigenvalue weighted by molar-refractivity contribution is 7.91. The molecule has 1 unspecified atom stereocenters. The molecule has 1 aromatic rings. The van der Waals surface area contributed by atoms with E-state index < -0.39 is 15.8 Å². The number of anilines is 1. The number of carbonyl (C=O) groups is 1. The smallest absolute Gasteiger partial charge is 0.356 e. The molecule has 8 heteroatoms. The van der Waals surface area contributed by atoms with Gasteiger partial charge >= 0.3 is 5.97 Å². The lowest BCUT2D eigenvalue weighted by Crippen LogP contribution is -2.33. The van der Waals surface area contributed by atoms with Gasteiger partial charge < -0.3 is 10.0 Å². The number of hydrogen-bond donors (Lipinski definition) is 1. The van der Waals surface area contributed by atoms with Crippen LogP contribution in [0.3, 0.4) is 0 Å². The van der Waals surface area contributed by atoms with E-state index in [0.717, 1.165) is 0 Å². The van der Waals surface area contributed by atoms with Crippen LogP contribution in [-0.4, -0.2) is 49.1 Å². The predicted octanol–water partition coefficient (Wildman–Crippen LogP) is 1.06. The molecular weight excluding hydrogens is 292 g/mol. The van der Waals surface area contributed by atoms with E-state index in [9.17, 15) is 13.2 Å². The van der Waals surface area contributed by atoms with Crippen LogP contribution in [0.4, 0.5) is 5.82 Å². The van der Waals surface area contributed by atoms with Crippen LogP contribution in [0.25, 0.3) is 0 Å². The lowest BCUT2D eigenvalue weighted by atomic mass is 10.2. The fraction of sp³-hybridized carbons (Fsp3) is 0.455. The van der Waals surface area contributed by atoms with Gasteiger partial charge in [0.1, 0.15) is 5.82 Å². The van der Waals surface area contributed by atoms with Gasteiger partial charge in [0.15, 0.2) is 15.5 Å². The highest BCUT2D eigenvalue weighted by Gasteiger charge is 2.31. The van der Waals surface area contributed by atoms with Crippen molar-refractivity contribution in [2.75, 3.05) is 23.5 Å². The van der Waals surface area contributed by atoms with Crippen molar-refractivity contribution < 1.29 is 18.3 Å². The Hall–Kier alpha value is -1.34. The molecular formula is C11H13ClN2O4S. The molecule has 0 radical (unpaired) electrons. The maximum Gasteiger partial charge on any atom is 0.356 e. The molecule has 2 heterocycles. The average molecular weight is 305 g/mol.